The Morgan fingerprint density at radius 1 is 1.06 bits per heavy atom. The summed E-state index contributed by atoms with van der Waals surface area (Å²) < 4.78 is 40.5. The molecule has 0 aliphatic heterocycles. The van der Waals surface area contributed by atoms with Crippen molar-refractivity contribution in [2.45, 2.75) is 6.54 Å². The molecule has 0 bridgehead atoms. The van der Waals surface area contributed by atoms with Crippen LogP contribution < -0.4 is 5.56 Å². The van der Waals surface area contributed by atoms with Gasteiger partial charge in [-0.3, -0.25) is 9.20 Å². The van der Waals surface area contributed by atoms with Gasteiger partial charge in [0.05, 0.1) is 17.6 Å². The minimum absolute atomic E-state index is 0.0404. The fourth-order valence-corrected chi connectivity index (χ4v) is 3.49. The molecule has 0 amide bonds. The first-order valence-corrected chi connectivity index (χ1v) is 9.35. The Labute approximate surface area is 173 Å². The molecule has 0 atom stereocenters. The molecule has 10 heteroatoms. The van der Waals surface area contributed by atoms with Gasteiger partial charge < -0.3 is 13.8 Å². The largest absolute Gasteiger partial charge is 0.383 e. The summed E-state index contributed by atoms with van der Waals surface area (Å²) in [5.41, 5.74) is 1.57. The zero-order valence-electron chi connectivity index (χ0n) is 16.2. The lowest BCUT2D eigenvalue weighted by atomic mass is 10.2. The zero-order valence-corrected chi connectivity index (χ0v) is 16.2. The number of ether oxygens (including phenoxy) is 1. The quantitative estimate of drug-likeness (QED) is 0.431. The van der Waals surface area contributed by atoms with Crippen molar-refractivity contribution in [2.75, 3.05) is 13.7 Å². The molecule has 3 heterocycles. The van der Waals surface area contributed by atoms with Crippen molar-refractivity contribution in [3.63, 3.8) is 0 Å². The maximum Gasteiger partial charge on any atom is 0.279 e. The van der Waals surface area contributed by atoms with Crippen molar-refractivity contribution in [1.82, 2.24) is 24.1 Å². The zero-order chi connectivity index (χ0) is 21.5. The third-order valence-electron chi connectivity index (χ3n) is 4.95. The van der Waals surface area contributed by atoms with E-state index in [1.165, 1.54) is 54.4 Å². The average molecular weight is 423 g/mol. The number of rotatable bonds is 5. The Balaban J connectivity index is 1.72. The minimum Gasteiger partial charge on any atom is -0.383 e. The van der Waals surface area contributed by atoms with Crippen molar-refractivity contribution < 1.29 is 18.0 Å². The highest BCUT2D eigenvalue weighted by Gasteiger charge is 2.21. The minimum atomic E-state index is -0.460. The maximum absolute atomic E-state index is 13.9. The number of methoxy groups -OCH3 is 1. The van der Waals surface area contributed by atoms with Crippen LogP contribution in [0.25, 0.3) is 39.5 Å². The SMILES string of the molecule is COCCn1c(=O)c2c(-c3nc(-c4ccc(F)cc4)no3)ncn2c2ccc(F)cc21. The molecule has 0 unspecified atom stereocenters. The normalized spacial score (nSPS) is 11.6. The third kappa shape index (κ3) is 3.17. The highest BCUT2D eigenvalue weighted by Crippen LogP contribution is 2.26. The number of fused-ring (bicyclic) bond motifs is 3. The van der Waals surface area contributed by atoms with E-state index in [1.54, 1.807) is 10.5 Å². The number of halogens is 2. The van der Waals surface area contributed by atoms with E-state index in [0.29, 0.717) is 16.6 Å². The molecule has 5 rings (SSSR count). The molecule has 0 spiro atoms. The van der Waals surface area contributed by atoms with Gasteiger partial charge in [-0.2, -0.15) is 4.98 Å². The Kier molecular flexibility index (Phi) is 4.55. The molecule has 0 aliphatic carbocycles. The van der Waals surface area contributed by atoms with Crippen LogP contribution in [-0.4, -0.2) is 37.8 Å². The van der Waals surface area contributed by atoms with Gasteiger partial charge in [-0.15, -0.1) is 0 Å². The highest BCUT2D eigenvalue weighted by atomic mass is 19.1. The molecule has 5 aromatic rings. The molecular formula is C21H15F2N5O3. The van der Waals surface area contributed by atoms with Crippen LogP contribution in [0.5, 0.6) is 0 Å². The first kappa shape index (κ1) is 19.1. The lowest BCUT2D eigenvalue weighted by molar-refractivity contribution is 0.187. The van der Waals surface area contributed by atoms with Gasteiger partial charge in [-0.25, -0.2) is 13.8 Å². The number of nitrogens with zero attached hydrogens (tertiary/aromatic N) is 5. The van der Waals surface area contributed by atoms with Crippen LogP contribution in [0.2, 0.25) is 0 Å². The van der Waals surface area contributed by atoms with E-state index in [0.717, 1.165) is 0 Å². The van der Waals surface area contributed by atoms with Crippen LogP contribution in [0.1, 0.15) is 0 Å². The number of hydrogen-bond donors (Lipinski definition) is 0. The number of aromatic nitrogens is 5. The smallest absolute Gasteiger partial charge is 0.279 e. The average Bonchev–Trinajstić information content (AvgIpc) is 3.42. The summed E-state index contributed by atoms with van der Waals surface area (Å²) in [7, 11) is 1.52. The molecule has 8 nitrogen and oxygen atoms in total. The summed E-state index contributed by atoms with van der Waals surface area (Å²) in [5.74, 6) is -0.566. The first-order valence-electron chi connectivity index (χ1n) is 9.35. The second-order valence-electron chi connectivity index (χ2n) is 6.82. The van der Waals surface area contributed by atoms with Crippen LogP contribution in [0.15, 0.2) is 58.1 Å². The van der Waals surface area contributed by atoms with Gasteiger partial charge in [-0.1, -0.05) is 5.16 Å². The molecule has 3 aromatic heterocycles. The van der Waals surface area contributed by atoms with Gasteiger partial charge in [0, 0.05) is 19.2 Å². The Hall–Kier alpha value is -3.92. The lowest BCUT2D eigenvalue weighted by Gasteiger charge is -2.12. The lowest BCUT2D eigenvalue weighted by Crippen LogP contribution is -2.25. The first-order chi connectivity index (χ1) is 15.1. The van der Waals surface area contributed by atoms with Gasteiger partial charge in [-0.05, 0) is 42.5 Å². The molecule has 0 fully saturated rings. The maximum atomic E-state index is 13.9. The summed E-state index contributed by atoms with van der Waals surface area (Å²) in [6.07, 6.45) is 1.45. The van der Waals surface area contributed by atoms with Crippen molar-refractivity contribution in [2.24, 2.45) is 0 Å². The summed E-state index contributed by atoms with van der Waals surface area (Å²) in [6, 6.07) is 9.80. The Bertz CT molecular complexity index is 1470. The predicted octanol–water partition coefficient (Wildman–Crippen LogP) is 3.29. The van der Waals surface area contributed by atoms with Gasteiger partial charge in [0.15, 0.2) is 5.69 Å². The second kappa shape index (κ2) is 7.40. The number of benzene rings is 2. The predicted molar refractivity (Wildman–Crippen MR) is 107 cm³/mol. The van der Waals surface area contributed by atoms with E-state index < -0.39 is 11.4 Å². The molecule has 2 aromatic carbocycles. The molecule has 0 radical (unpaired) electrons. The third-order valence-corrected chi connectivity index (χ3v) is 4.95. The number of hydrogen-bond acceptors (Lipinski definition) is 6. The number of imidazole rings is 1. The molecule has 0 aliphatic rings. The van der Waals surface area contributed by atoms with Crippen molar-refractivity contribution in [3.8, 4) is 23.0 Å². The van der Waals surface area contributed by atoms with E-state index in [4.69, 9.17) is 9.26 Å². The van der Waals surface area contributed by atoms with Crippen molar-refractivity contribution in [3.05, 3.63) is 70.8 Å². The summed E-state index contributed by atoms with van der Waals surface area (Å²) in [4.78, 5) is 22.0. The van der Waals surface area contributed by atoms with E-state index in [-0.39, 0.29) is 41.9 Å². The fourth-order valence-electron chi connectivity index (χ4n) is 3.49. The van der Waals surface area contributed by atoms with Crippen LogP contribution in [0.4, 0.5) is 8.78 Å². The second-order valence-corrected chi connectivity index (χ2v) is 6.82. The monoisotopic (exact) mass is 423 g/mol. The van der Waals surface area contributed by atoms with Gasteiger partial charge >= 0.3 is 0 Å². The molecular weight excluding hydrogens is 408 g/mol. The Morgan fingerprint density at radius 3 is 2.61 bits per heavy atom. The van der Waals surface area contributed by atoms with Gasteiger partial charge in [0.2, 0.25) is 5.82 Å². The topological polar surface area (TPSA) is 87.5 Å². The van der Waals surface area contributed by atoms with Gasteiger partial charge in [0.1, 0.15) is 23.5 Å². The summed E-state index contributed by atoms with van der Waals surface area (Å²) in [5, 5.41) is 3.92. The van der Waals surface area contributed by atoms with E-state index in [1.807, 2.05) is 0 Å². The van der Waals surface area contributed by atoms with Crippen molar-refractivity contribution >= 4 is 16.6 Å². The standard InChI is InChI=1S/C21H15F2N5O3/c1-30-9-8-27-16-10-14(23)6-7-15(16)28-11-24-17(18(28)21(27)29)20-25-19(26-31-20)12-2-4-13(22)5-3-12/h2-7,10-11H,8-9H2,1H3. The molecule has 0 N–H and O–H groups in total. The van der Waals surface area contributed by atoms with Gasteiger partial charge in [0.25, 0.3) is 11.4 Å². The van der Waals surface area contributed by atoms with Crippen LogP contribution in [-0.2, 0) is 11.3 Å². The summed E-state index contributed by atoms with van der Waals surface area (Å²) in [6.45, 7) is 0.488. The van der Waals surface area contributed by atoms with E-state index >= 15 is 0 Å². The molecule has 0 saturated heterocycles. The van der Waals surface area contributed by atoms with Crippen molar-refractivity contribution in [1.29, 1.82) is 0 Å². The van der Waals surface area contributed by atoms with Crippen LogP contribution in [0.3, 0.4) is 0 Å². The van der Waals surface area contributed by atoms with Crippen LogP contribution >= 0.6 is 0 Å². The van der Waals surface area contributed by atoms with E-state index in [9.17, 15) is 13.6 Å². The van der Waals surface area contributed by atoms with Crippen LogP contribution in [0, 0.1) is 11.6 Å². The Morgan fingerprint density at radius 2 is 1.84 bits per heavy atom. The summed E-state index contributed by atoms with van der Waals surface area (Å²) >= 11 is 0. The molecule has 0 saturated carbocycles. The highest BCUT2D eigenvalue weighted by molar-refractivity contribution is 5.83. The fraction of sp³-hybridized carbons (Fsp3) is 0.143. The van der Waals surface area contributed by atoms with E-state index in [2.05, 4.69) is 15.1 Å². The molecule has 156 valence electrons. The molecule has 31 heavy (non-hydrogen) atoms.